The first-order valence-corrected chi connectivity index (χ1v) is 9.08. The number of rotatable bonds is 8. The first-order chi connectivity index (χ1) is 12.8. The number of aromatic nitrogens is 1. The highest BCUT2D eigenvalue weighted by Crippen LogP contribution is 2.21. The van der Waals surface area contributed by atoms with E-state index in [0.29, 0.717) is 30.3 Å². The second-order valence-corrected chi connectivity index (χ2v) is 6.79. The number of carbonyl (C=O) groups is 2. The summed E-state index contributed by atoms with van der Waals surface area (Å²) in [6.07, 6.45) is 2.49. The lowest BCUT2D eigenvalue weighted by Gasteiger charge is -2.17. The number of hydrogen-bond donors (Lipinski definition) is 1. The number of pyridine rings is 1. The Labute approximate surface area is 164 Å². The SMILES string of the molecule is Cc1ccnc(NC(=O)CN(C)C(=O)CCCOc2ccc(Cl)c(C)c2)c1. The number of anilines is 1. The Morgan fingerprint density at radius 1 is 1.22 bits per heavy atom. The molecule has 6 nitrogen and oxygen atoms in total. The molecule has 1 aromatic heterocycles. The Balaban J connectivity index is 1.70. The molecule has 0 aliphatic heterocycles. The van der Waals surface area contributed by atoms with Gasteiger partial charge in [-0.1, -0.05) is 11.6 Å². The maximum absolute atomic E-state index is 12.2. The van der Waals surface area contributed by atoms with Gasteiger partial charge in [0.15, 0.2) is 0 Å². The van der Waals surface area contributed by atoms with Crippen molar-refractivity contribution in [1.29, 1.82) is 0 Å². The predicted molar refractivity (Wildman–Crippen MR) is 106 cm³/mol. The van der Waals surface area contributed by atoms with Crippen LogP contribution in [0.3, 0.4) is 0 Å². The minimum Gasteiger partial charge on any atom is -0.494 e. The molecule has 0 aliphatic rings. The Morgan fingerprint density at radius 2 is 2.00 bits per heavy atom. The van der Waals surface area contributed by atoms with Crippen LogP contribution in [-0.2, 0) is 9.59 Å². The minimum atomic E-state index is -0.281. The zero-order valence-electron chi connectivity index (χ0n) is 15.8. The Bertz CT molecular complexity index is 811. The summed E-state index contributed by atoms with van der Waals surface area (Å²) >= 11 is 5.98. The molecule has 0 atom stereocenters. The number of aryl methyl sites for hydroxylation is 2. The molecule has 27 heavy (non-hydrogen) atoms. The molecule has 0 unspecified atom stereocenters. The molecule has 2 rings (SSSR count). The van der Waals surface area contributed by atoms with Gasteiger partial charge in [0.1, 0.15) is 11.6 Å². The number of likely N-dealkylation sites (N-methyl/N-ethyl adjacent to an activating group) is 1. The van der Waals surface area contributed by atoms with Gasteiger partial charge in [-0.05, 0) is 61.7 Å². The fourth-order valence-electron chi connectivity index (χ4n) is 2.40. The van der Waals surface area contributed by atoms with Crippen LogP contribution in [0, 0.1) is 13.8 Å². The molecule has 7 heteroatoms. The van der Waals surface area contributed by atoms with Gasteiger partial charge >= 0.3 is 0 Å². The summed E-state index contributed by atoms with van der Waals surface area (Å²) in [5, 5.41) is 3.38. The van der Waals surface area contributed by atoms with E-state index >= 15 is 0 Å². The molecular weight excluding hydrogens is 366 g/mol. The van der Waals surface area contributed by atoms with Crippen LogP contribution in [0.4, 0.5) is 5.82 Å². The van der Waals surface area contributed by atoms with E-state index < -0.39 is 0 Å². The maximum atomic E-state index is 12.2. The Hall–Kier alpha value is -2.60. The van der Waals surface area contributed by atoms with Crippen molar-refractivity contribution in [3.8, 4) is 5.75 Å². The van der Waals surface area contributed by atoms with E-state index in [0.717, 1.165) is 16.9 Å². The van der Waals surface area contributed by atoms with Crippen LogP contribution in [0.15, 0.2) is 36.5 Å². The molecule has 1 heterocycles. The van der Waals surface area contributed by atoms with Gasteiger partial charge in [-0.25, -0.2) is 4.98 Å². The van der Waals surface area contributed by atoms with Gasteiger partial charge in [-0.15, -0.1) is 0 Å². The third kappa shape index (κ3) is 6.90. The lowest BCUT2D eigenvalue weighted by molar-refractivity contribution is -0.133. The van der Waals surface area contributed by atoms with Crippen molar-refractivity contribution in [2.75, 3.05) is 25.5 Å². The van der Waals surface area contributed by atoms with Crippen molar-refractivity contribution in [3.63, 3.8) is 0 Å². The monoisotopic (exact) mass is 389 g/mol. The van der Waals surface area contributed by atoms with Gasteiger partial charge in [0.2, 0.25) is 11.8 Å². The molecule has 0 spiro atoms. The zero-order valence-corrected chi connectivity index (χ0v) is 16.5. The fourth-order valence-corrected chi connectivity index (χ4v) is 2.52. The van der Waals surface area contributed by atoms with Crippen LogP contribution in [0.5, 0.6) is 5.75 Å². The van der Waals surface area contributed by atoms with Gasteiger partial charge < -0.3 is 15.0 Å². The number of benzene rings is 1. The van der Waals surface area contributed by atoms with Gasteiger partial charge in [0.25, 0.3) is 0 Å². The number of halogens is 1. The standard InChI is InChI=1S/C20H24ClN3O3/c1-14-8-9-22-18(11-14)23-19(25)13-24(3)20(26)5-4-10-27-16-6-7-17(21)15(2)12-16/h6-9,11-12H,4-5,10,13H2,1-3H3,(H,22,23,25). The Morgan fingerprint density at radius 3 is 2.70 bits per heavy atom. The number of nitrogens with zero attached hydrogens (tertiary/aromatic N) is 2. The average molecular weight is 390 g/mol. The Kier molecular flexibility index (Phi) is 7.61. The minimum absolute atomic E-state index is 0.0221. The molecule has 2 amide bonds. The molecule has 0 saturated heterocycles. The van der Waals surface area contributed by atoms with Gasteiger partial charge in [-0.3, -0.25) is 9.59 Å². The number of carbonyl (C=O) groups excluding carboxylic acids is 2. The van der Waals surface area contributed by atoms with Gasteiger partial charge in [0.05, 0.1) is 13.2 Å². The number of amides is 2. The molecule has 144 valence electrons. The van der Waals surface area contributed by atoms with Crippen molar-refractivity contribution in [2.45, 2.75) is 26.7 Å². The summed E-state index contributed by atoms with van der Waals surface area (Å²) in [7, 11) is 1.61. The molecule has 0 radical (unpaired) electrons. The average Bonchev–Trinajstić information content (AvgIpc) is 2.61. The van der Waals surface area contributed by atoms with Crippen LogP contribution < -0.4 is 10.1 Å². The quantitative estimate of drug-likeness (QED) is 0.700. The van der Waals surface area contributed by atoms with Gasteiger partial charge in [0, 0.05) is 24.7 Å². The van der Waals surface area contributed by atoms with Crippen molar-refractivity contribution >= 4 is 29.2 Å². The summed E-state index contributed by atoms with van der Waals surface area (Å²) in [5.74, 6) is 0.810. The largest absolute Gasteiger partial charge is 0.494 e. The smallest absolute Gasteiger partial charge is 0.245 e. The second kappa shape index (κ2) is 9.92. The molecule has 0 aliphatic carbocycles. The highest BCUT2D eigenvalue weighted by molar-refractivity contribution is 6.31. The third-order valence-electron chi connectivity index (χ3n) is 3.92. The van der Waals surface area contributed by atoms with E-state index in [1.54, 1.807) is 31.4 Å². The summed E-state index contributed by atoms with van der Waals surface area (Å²) in [4.78, 5) is 29.7. The molecular formula is C20H24ClN3O3. The number of hydrogen-bond acceptors (Lipinski definition) is 4. The van der Waals surface area contributed by atoms with Crippen molar-refractivity contribution in [3.05, 3.63) is 52.7 Å². The number of nitrogens with one attached hydrogen (secondary N) is 1. The summed E-state index contributed by atoms with van der Waals surface area (Å²) < 4.78 is 5.63. The highest BCUT2D eigenvalue weighted by atomic mass is 35.5. The fraction of sp³-hybridized carbons (Fsp3) is 0.350. The highest BCUT2D eigenvalue weighted by Gasteiger charge is 2.13. The summed E-state index contributed by atoms with van der Waals surface area (Å²) in [5.41, 5.74) is 1.94. The molecule has 0 saturated carbocycles. The number of ether oxygens (including phenoxy) is 1. The molecule has 0 bridgehead atoms. The predicted octanol–water partition coefficient (Wildman–Crippen LogP) is 3.61. The van der Waals surface area contributed by atoms with Gasteiger partial charge in [-0.2, -0.15) is 0 Å². The molecule has 1 aromatic carbocycles. The van der Waals surface area contributed by atoms with Crippen molar-refractivity contribution < 1.29 is 14.3 Å². The zero-order chi connectivity index (χ0) is 19.8. The van der Waals surface area contributed by atoms with Crippen LogP contribution in [-0.4, -0.2) is 41.9 Å². The first-order valence-electron chi connectivity index (χ1n) is 8.70. The second-order valence-electron chi connectivity index (χ2n) is 6.38. The summed E-state index contributed by atoms with van der Waals surface area (Å²) in [6.45, 7) is 4.22. The van der Waals surface area contributed by atoms with Crippen molar-refractivity contribution in [1.82, 2.24) is 9.88 Å². The van der Waals surface area contributed by atoms with E-state index in [9.17, 15) is 9.59 Å². The first kappa shape index (κ1) is 20.7. The summed E-state index contributed by atoms with van der Waals surface area (Å²) in [6, 6.07) is 9.06. The van der Waals surface area contributed by atoms with E-state index in [2.05, 4.69) is 10.3 Å². The lowest BCUT2D eigenvalue weighted by atomic mass is 10.2. The normalized spacial score (nSPS) is 10.4. The van der Waals surface area contributed by atoms with Crippen LogP contribution in [0.25, 0.3) is 0 Å². The maximum Gasteiger partial charge on any atom is 0.245 e. The van der Waals surface area contributed by atoms with Crippen LogP contribution in [0.1, 0.15) is 24.0 Å². The van der Waals surface area contributed by atoms with Crippen LogP contribution >= 0.6 is 11.6 Å². The molecule has 2 aromatic rings. The molecule has 0 fully saturated rings. The third-order valence-corrected chi connectivity index (χ3v) is 4.35. The van der Waals surface area contributed by atoms with E-state index in [1.807, 2.05) is 26.0 Å². The lowest BCUT2D eigenvalue weighted by Crippen LogP contribution is -2.35. The van der Waals surface area contributed by atoms with Crippen LogP contribution in [0.2, 0.25) is 5.02 Å². The van der Waals surface area contributed by atoms with E-state index in [-0.39, 0.29) is 18.4 Å². The molecule has 1 N–H and O–H groups in total. The van der Waals surface area contributed by atoms with E-state index in [4.69, 9.17) is 16.3 Å². The van der Waals surface area contributed by atoms with E-state index in [1.165, 1.54) is 4.90 Å². The van der Waals surface area contributed by atoms with Crippen molar-refractivity contribution in [2.24, 2.45) is 0 Å². The topological polar surface area (TPSA) is 71.5 Å².